The summed E-state index contributed by atoms with van der Waals surface area (Å²) in [6, 6.07) is -1.08. The minimum atomic E-state index is -1.15. The van der Waals surface area contributed by atoms with Crippen LogP contribution >= 0.6 is 0 Å². The number of nitrogens with two attached hydrogens (primary N) is 1. The van der Waals surface area contributed by atoms with Gasteiger partial charge in [-0.3, -0.25) is 9.59 Å². The highest BCUT2D eigenvalue weighted by atomic mass is 16.4. The van der Waals surface area contributed by atoms with Crippen LogP contribution in [0.3, 0.4) is 0 Å². The van der Waals surface area contributed by atoms with E-state index in [0.29, 0.717) is 6.42 Å². The zero-order chi connectivity index (χ0) is 16.4. The van der Waals surface area contributed by atoms with Crippen molar-refractivity contribution >= 4 is 17.8 Å². The van der Waals surface area contributed by atoms with Crippen LogP contribution in [0.4, 0.5) is 0 Å². The standard InChI is InChI=1S/C15H26N2O4/c1-10(2)7-5-4-6-8-13(19)17-14(15(20)21)11(3)9-12(16)18/h7,11,14H,4-6,8-9H2,1-3H3,(H2,16,18)(H,17,19)(H,20,21). The molecular weight excluding hydrogens is 272 g/mol. The SMILES string of the molecule is CC(C)=CCCCCC(=O)NC(C(=O)O)C(C)CC(N)=O. The summed E-state index contributed by atoms with van der Waals surface area (Å²) in [6.07, 6.45) is 4.81. The van der Waals surface area contributed by atoms with Crippen molar-refractivity contribution in [2.24, 2.45) is 11.7 Å². The number of nitrogens with one attached hydrogen (secondary N) is 1. The molecule has 0 bridgehead atoms. The number of rotatable bonds is 10. The van der Waals surface area contributed by atoms with Gasteiger partial charge in [-0.25, -0.2) is 4.79 Å². The van der Waals surface area contributed by atoms with Crippen molar-refractivity contribution in [3.8, 4) is 0 Å². The summed E-state index contributed by atoms with van der Waals surface area (Å²) in [5.74, 6) is -2.57. The predicted octanol–water partition coefficient (Wildman–Crippen LogP) is 1.59. The average molecular weight is 298 g/mol. The van der Waals surface area contributed by atoms with Crippen LogP contribution < -0.4 is 11.1 Å². The summed E-state index contributed by atoms with van der Waals surface area (Å²) < 4.78 is 0. The molecule has 0 saturated heterocycles. The molecule has 6 nitrogen and oxygen atoms in total. The smallest absolute Gasteiger partial charge is 0.326 e. The van der Waals surface area contributed by atoms with E-state index < -0.39 is 23.8 Å². The van der Waals surface area contributed by atoms with E-state index in [9.17, 15) is 14.4 Å². The van der Waals surface area contributed by atoms with E-state index in [4.69, 9.17) is 10.8 Å². The molecule has 120 valence electrons. The van der Waals surface area contributed by atoms with Gasteiger partial charge in [0.1, 0.15) is 6.04 Å². The van der Waals surface area contributed by atoms with Crippen LogP contribution in [0.2, 0.25) is 0 Å². The second kappa shape index (κ2) is 9.96. The van der Waals surface area contributed by atoms with Crippen LogP contribution in [0.5, 0.6) is 0 Å². The molecule has 0 spiro atoms. The fourth-order valence-corrected chi connectivity index (χ4v) is 1.95. The molecule has 21 heavy (non-hydrogen) atoms. The van der Waals surface area contributed by atoms with Crippen LogP contribution in [0.1, 0.15) is 52.9 Å². The van der Waals surface area contributed by atoms with Crippen molar-refractivity contribution < 1.29 is 19.5 Å². The Balaban J connectivity index is 4.21. The molecule has 6 heteroatoms. The van der Waals surface area contributed by atoms with Gasteiger partial charge in [-0.15, -0.1) is 0 Å². The largest absolute Gasteiger partial charge is 0.480 e. The lowest BCUT2D eigenvalue weighted by molar-refractivity contribution is -0.143. The van der Waals surface area contributed by atoms with Gasteiger partial charge in [0.05, 0.1) is 0 Å². The average Bonchev–Trinajstić information content (AvgIpc) is 2.33. The number of primary amides is 1. The lowest BCUT2D eigenvalue weighted by Gasteiger charge is -2.20. The van der Waals surface area contributed by atoms with Crippen LogP contribution in [0.25, 0.3) is 0 Å². The first-order chi connectivity index (χ1) is 9.73. The van der Waals surface area contributed by atoms with Gasteiger partial charge in [0.25, 0.3) is 0 Å². The number of hydrogen-bond donors (Lipinski definition) is 3. The minimum absolute atomic E-state index is 0.0716. The van der Waals surface area contributed by atoms with E-state index in [0.717, 1.165) is 12.8 Å². The van der Waals surface area contributed by atoms with Gasteiger partial charge >= 0.3 is 5.97 Å². The van der Waals surface area contributed by atoms with E-state index in [1.807, 2.05) is 13.8 Å². The molecule has 0 saturated carbocycles. The molecule has 0 aliphatic carbocycles. The molecule has 0 heterocycles. The van der Waals surface area contributed by atoms with Crippen molar-refractivity contribution in [3.05, 3.63) is 11.6 Å². The summed E-state index contributed by atoms with van der Waals surface area (Å²) >= 11 is 0. The highest BCUT2D eigenvalue weighted by Crippen LogP contribution is 2.10. The minimum Gasteiger partial charge on any atom is -0.480 e. The van der Waals surface area contributed by atoms with Crippen molar-refractivity contribution in [2.75, 3.05) is 0 Å². The van der Waals surface area contributed by atoms with Crippen LogP contribution in [0, 0.1) is 5.92 Å². The second-order valence-corrected chi connectivity index (χ2v) is 5.56. The maximum absolute atomic E-state index is 11.7. The molecule has 0 aliphatic heterocycles. The summed E-state index contributed by atoms with van der Waals surface area (Å²) in [5, 5.41) is 11.6. The third kappa shape index (κ3) is 9.65. The van der Waals surface area contributed by atoms with Gasteiger partial charge in [-0.1, -0.05) is 18.6 Å². The quantitative estimate of drug-likeness (QED) is 0.420. The molecule has 0 radical (unpaired) electrons. The lowest BCUT2D eigenvalue weighted by Crippen LogP contribution is -2.46. The summed E-state index contributed by atoms with van der Waals surface area (Å²) in [7, 11) is 0. The van der Waals surface area contributed by atoms with Crippen LogP contribution in [-0.4, -0.2) is 28.9 Å². The molecule has 0 aromatic carbocycles. The maximum atomic E-state index is 11.7. The number of carbonyl (C=O) groups is 3. The number of aliphatic carboxylic acids is 1. The lowest BCUT2D eigenvalue weighted by atomic mass is 9.97. The molecule has 4 N–H and O–H groups in total. The van der Waals surface area contributed by atoms with Gasteiger partial charge in [-0.05, 0) is 39.0 Å². The van der Waals surface area contributed by atoms with E-state index >= 15 is 0 Å². The normalized spacial score (nSPS) is 13.1. The number of carbonyl (C=O) groups excluding carboxylic acids is 2. The van der Waals surface area contributed by atoms with Gasteiger partial charge in [0, 0.05) is 12.8 Å². The van der Waals surface area contributed by atoms with E-state index in [-0.39, 0.29) is 18.7 Å². The Morgan fingerprint density at radius 1 is 1.24 bits per heavy atom. The van der Waals surface area contributed by atoms with E-state index in [1.54, 1.807) is 6.92 Å². The summed E-state index contributed by atoms with van der Waals surface area (Å²) in [5.41, 5.74) is 6.29. The molecule has 2 amide bonds. The Labute approximate surface area is 125 Å². The molecule has 0 rings (SSSR count). The Bertz CT molecular complexity index is 400. The fraction of sp³-hybridized carbons (Fsp3) is 0.667. The van der Waals surface area contributed by atoms with Crippen LogP contribution in [0.15, 0.2) is 11.6 Å². The van der Waals surface area contributed by atoms with E-state index in [1.165, 1.54) is 5.57 Å². The Morgan fingerprint density at radius 3 is 2.33 bits per heavy atom. The number of carboxylic acids is 1. The van der Waals surface area contributed by atoms with Crippen molar-refractivity contribution in [1.29, 1.82) is 0 Å². The number of hydrogen-bond acceptors (Lipinski definition) is 3. The van der Waals surface area contributed by atoms with Crippen molar-refractivity contribution in [1.82, 2.24) is 5.32 Å². The second-order valence-electron chi connectivity index (χ2n) is 5.56. The Kier molecular flexibility index (Phi) is 9.08. The zero-order valence-corrected chi connectivity index (χ0v) is 13.0. The van der Waals surface area contributed by atoms with E-state index in [2.05, 4.69) is 11.4 Å². The first-order valence-electron chi connectivity index (χ1n) is 7.17. The Morgan fingerprint density at radius 2 is 1.86 bits per heavy atom. The van der Waals surface area contributed by atoms with Crippen LogP contribution in [-0.2, 0) is 14.4 Å². The molecular formula is C15H26N2O4. The zero-order valence-electron chi connectivity index (χ0n) is 13.0. The third-order valence-electron chi connectivity index (χ3n) is 3.09. The molecule has 0 aromatic heterocycles. The maximum Gasteiger partial charge on any atom is 0.326 e. The monoisotopic (exact) mass is 298 g/mol. The number of allylic oxidation sites excluding steroid dienone is 2. The summed E-state index contributed by atoms with van der Waals surface area (Å²) in [4.78, 5) is 33.7. The molecule has 0 aliphatic rings. The van der Waals surface area contributed by atoms with Gasteiger partial charge < -0.3 is 16.2 Å². The highest BCUT2D eigenvalue weighted by molar-refractivity contribution is 5.84. The molecule has 0 fully saturated rings. The molecule has 2 unspecified atom stereocenters. The fourth-order valence-electron chi connectivity index (χ4n) is 1.95. The highest BCUT2D eigenvalue weighted by Gasteiger charge is 2.27. The first-order valence-corrected chi connectivity index (χ1v) is 7.17. The van der Waals surface area contributed by atoms with Crippen molar-refractivity contribution in [3.63, 3.8) is 0 Å². The molecule has 0 aromatic rings. The number of unbranched alkanes of at least 4 members (excludes halogenated alkanes) is 2. The number of amides is 2. The van der Waals surface area contributed by atoms with Crippen molar-refractivity contribution in [2.45, 2.75) is 58.9 Å². The first kappa shape index (κ1) is 19.1. The van der Waals surface area contributed by atoms with Gasteiger partial charge in [0.2, 0.25) is 11.8 Å². The number of carboxylic acid groups (broad SMARTS) is 1. The van der Waals surface area contributed by atoms with Gasteiger partial charge in [0.15, 0.2) is 0 Å². The van der Waals surface area contributed by atoms with Gasteiger partial charge in [-0.2, -0.15) is 0 Å². The summed E-state index contributed by atoms with van der Waals surface area (Å²) in [6.45, 7) is 5.62. The molecule has 2 atom stereocenters. The Hall–Kier alpha value is -1.85. The topological polar surface area (TPSA) is 109 Å². The third-order valence-corrected chi connectivity index (χ3v) is 3.09. The predicted molar refractivity (Wildman–Crippen MR) is 80.4 cm³/mol.